The molecule has 3 aromatic rings. The first-order chi connectivity index (χ1) is 11.0. The Kier molecular flexibility index (Phi) is 4.60. The van der Waals surface area contributed by atoms with Gasteiger partial charge in [-0.25, -0.2) is 4.98 Å². The van der Waals surface area contributed by atoms with Crippen LogP contribution in [0, 0.1) is 6.92 Å². The first kappa shape index (κ1) is 15.9. The molecule has 0 N–H and O–H groups in total. The molecular weight excluding hydrogens is 374 g/mol. The number of fused-ring (bicyclic) bond motifs is 1. The molecule has 0 aliphatic heterocycles. The van der Waals surface area contributed by atoms with Crippen molar-refractivity contribution >= 4 is 50.3 Å². The van der Waals surface area contributed by atoms with Crippen molar-refractivity contribution in [2.24, 2.45) is 0 Å². The summed E-state index contributed by atoms with van der Waals surface area (Å²) in [5, 5.41) is 1.39. The molecule has 0 saturated carbocycles. The SMILES string of the molecule is Cc1ccc2nc(Cl)c(/C=C/C(=O)c3ccc(Br)cc3)cc2c1. The van der Waals surface area contributed by atoms with Crippen molar-refractivity contribution in [3.05, 3.63) is 80.9 Å². The average molecular weight is 387 g/mol. The molecule has 114 valence electrons. The fraction of sp³-hybridized carbons (Fsp3) is 0.0526. The number of carbonyl (C=O) groups is 1. The highest BCUT2D eigenvalue weighted by molar-refractivity contribution is 9.10. The molecule has 0 fully saturated rings. The minimum Gasteiger partial charge on any atom is -0.289 e. The molecule has 2 aromatic carbocycles. The van der Waals surface area contributed by atoms with Crippen LogP contribution in [0.4, 0.5) is 0 Å². The molecule has 1 heterocycles. The lowest BCUT2D eigenvalue weighted by molar-refractivity contribution is 0.104. The van der Waals surface area contributed by atoms with Crippen LogP contribution in [0.25, 0.3) is 17.0 Å². The number of nitrogens with zero attached hydrogens (tertiary/aromatic N) is 1. The van der Waals surface area contributed by atoms with Crippen LogP contribution >= 0.6 is 27.5 Å². The molecule has 0 aliphatic rings. The normalized spacial score (nSPS) is 11.3. The van der Waals surface area contributed by atoms with E-state index in [1.165, 1.54) is 6.08 Å². The smallest absolute Gasteiger partial charge is 0.185 e. The summed E-state index contributed by atoms with van der Waals surface area (Å²) < 4.78 is 0.940. The Balaban J connectivity index is 1.92. The molecule has 0 radical (unpaired) electrons. The Morgan fingerprint density at radius 3 is 2.61 bits per heavy atom. The molecule has 0 bridgehead atoms. The van der Waals surface area contributed by atoms with Crippen LogP contribution in [-0.2, 0) is 0 Å². The number of benzene rings is 2. The molecular formula is C19H13BrClNO. The van der Waals surface area contributed by atoms with Crippen LogP contribution in [0.2, 0.25) is 5.15 Å². The van der Waals surface area contributed by atoms with Crippen LogP contribution in [-0.4, -0.2) is 10.8 Å². The summed E-state index contributed by atoms with van der Waals surface area (Å²) in [7, 11) is 0. The van der Waals surface area contributed by atoms with E-state index in [4.69, 9.17) is 11.6 Å². The van der Waals surface area contributed by atoms with Crippen LogP contribution in [0.3, 0.4) is 0 Å². The number of aryl methyl sites for hydroxylation is 1. The predicted octanol–water partition coefficient (Wildman–Crippen LogP) is 5.86. The van der Waals surface area contributed by atoms with Gasteiger partial charge in [-0.2, -0.15) is 0 Å². The molecule has 0 spiro atoms. The lowest BCUT2D eigenvalue weighted by Gasteiger charge is -2.03. The van der Waals surface area contributed by atoms with Gasteiger partial charge in [0.1, 0.15) is 5.15 Å². The minimum absolute atomic E-state index is 0.0714. The van der Waals surface area contributed by atoms with Gasteiger partial charge in [-0.15, -0.1) is 0 Å². The zero-order valence-electron chi connectivity index (χ0n) is 12.4. The third-order valence-electron chi connectivity index (χ3n) is 3.49. The Labute approximate surface area is 147 Å². The Hall–Kier alpha value is -1.97. The van der Waals surface area contributed by atoms with E-state index in [0.717, 1.165) is 26.5 Å². The number of rotatable bonds is 3. The zero-order valence-corrected chi connectivity index (χ0v) is 14.7. The Bertz CT molecular complexity index is 917. The summed E-state index contributed by atoms with van der Waals surface area (Å²) >= 11 is 9.57. The molecule has 1 aromatic heterocycles. The van der Waals surface area contributed by atoms with Crippen molar-refractivity contribution in [3.8, 4) is 0 Å². The molecule has 0 atom stereocenters. The second kappa shape index (κ2) is 6.65. The fourth-order valence-corrected chi connectivity index (χ4v) is 2.75. The van der Waals surface area contributed by atoms with E-state index >= 15 is 0 Å². The first-order valence-corrected chi connectivity index (χ1v) is 8.25. The second-order valence-electron chi connectivity index (χ2n) is 5.27. The number of aromatic nitrogens is 1. The van der Waals surface area contributed by atoms with E-state index in [9.17, 15) is 4.79 Å². The van der Waals surface area contributed by atoms with E-state index in [1.54, 1.807) is 18.2 Å². The van der Waals surface area contributed by atoms with Crippen molar-refractivity contribution in [1.82, 2.24) is 4.98 Å². The van der Waals surface area contributed by atoms with Crippen molar-refractivity contribution in [3.63, 3.8) is 0 Å². The van der Waals surface area contributed by atoms with Gasteiger partial charge in [0, 0.05) is 21.0 Å². The maximum Gasteiger partial charge on any atom is 0.185 e. The molecule has 0 saturated heterocycles. The van der Waals surface area contributed by atoms with E-state index in [-0.39, 0.29) is 5.78 Å². The van der Waals surface area contributed by atoms with Gasteiger partial charge in [0.25, 0.3) is 0 Å². The van der Waals surface area contributed by atoms with Gasteiger partial charge in [-0.1, -0.05) is 39.2 Å². The standard InChI is InChI=1S/C19H13BrClNO/c1-12-2-8-17-15(10-12)11-14(19(21)22-17)5-9-18(23)13-3-6-16(20)7-4-13/h2-11H,1H3/b9-5+. The van der Waals surface area contributed by atoms with Gasteiger partial charge >= 0.3 is 0 Å². The summed E-state index contributed by atoms with van der Waals surface area (Å²) in [6.07, 6.45) is 3.23. The maximum atomic E-state index is 12.2. The number of hydrogen-bond donors (Lipinski definition) is 0. The Morgan fingerprint density at radius 1 is 1.13 bits per heavy atom. The Morgan fingerprint density at radius 2 is 1.87 bits per heavy atom. The maximum absolute atomic E-state index is 12.2. The lowest BCUT2D eigenvalue weighted by atomic mass is 10.1. The van der Waals surface area contributed by atoms with Crippen molar-refractivity contribution in [2.75, 3.05) is 0 Å². The number of halogens is 2. The summed E-state index contributed by atoms with van der Waals surface area (Å²) in [6, 6.07) is 15.2. The highest BCUT2D eigenvalue weighted by atomic mass is 79.9. The van der Waals surface area contributed by atoms with Crippen LogP contribution < -0.4 is 0 Å². The van der Waals surface area contributed by atoms with Gasteiger partial charge in [0.15, 0.2) is 5.78 Å². The van der Waals surface area contributed by atoms with Crippen LogP contribution in [0.15, 0.2) is 59.1 Å². The molecule has 0 unspecified atom stereocenters. The largest absolute Gasteiger partial charge is 0.289 e. The van der Waals surface area contributed by atoms with Gasteiger partial charge in [0.2, 0.25) is 0 Å². The summed E-state index contributed by atoms with van der Waals surface area (Å²) in [5.74, 6) is -0.0714. The van der Waals surface area contributed by atoms with Crippen molar-refractivity contribution < 1.29 is 4.79 Å². The summed E-state index contributed by atoms with van der Waals surface area (Å²) in [5.41, 5.74) is 3.36. The first-order valence-electron chi connectivity index (χ1n) is 7.08. The molecule has 0 aliphatic carbocycles. The monoisotopic (exact) mass is 385 g/mol. The number of allylic oxidation sites excluding steroid dienone is 1. The highest BCUT2D eigenvalue weighted by Crippen LogP contribution is 2.23. The zero-order chi connectivity index (χ0) is 16.4. The summed E-state index contributed by atoms with van der Waals surface area (Å²) in [6.45, 7) is 2.03. The molecule has 0 amide bonds. The van der Waals surface area contributed by atoms with E-state index < -0.39 is 0 Å². The lowest BCUT2D eigenvalue weighted by Crippen LogP contribution is -1.93. The third-order valence-corrected chi connectivity index (χ3v) is 4.33. The fourth-order valence-electron chi connectivity index (χ4n) is 2.28. The quantitative estimate of drug-likeness (QED) is 0.321. The molecule has 2 nitrogen and oxygen atoms in total. The molecule has 23 heavy (non-hydrogen) atoms. The number of carbonyl (C=O) groups excluding carboxylic acids is 1. The second-order valence-corrected chi connectivity index (χ2v) is 6.54. The summed E-state index contributed by atoms with van der Waals surface area (Å²) in [4.78, 5) is 16.6. The van der Waals surface area contributed by atoms with Crippen molar-refractivity contribution in [1.29, 1.82) is 0 Å². The predicted molar refractivity (Wildman–Crippen MR) is 99.0 cm³/mol. The van der Waals surface area contributed by atoms with Crippen molar-refractivity contribution in [2.45, 2.75) is 6.92 Å². The average Bonchev–Trinajstić information content (AvgIpc) is 2.53. The topological polar surface area (TPSA) is 30.0 Å². The van der Waals surface area contributed by atoms with E-state index in [1.807, 2.05) is 43.3 Å². The number of pyridine rings is 1. The third kappa shape index (κ3) is 3.69. The van der Waals surface area contributed by atoms with Gasteiger partial charge < -0.3 is 0 Å². The van der Waals surface area contributed by atoms with Crippen LogP contribution in [0.1, 0.15) is 21.5 Å². The van der Waals surface area contributed by atoms with Gasteiger partial charge in [-0.3, -0.25) is 4.79 Å². The van der Waals surface area contributed by atoms with Gasteiger partial charge in [0.05, 0.1) is 5.52 Å². The number of ketones is 1. The van der Waals surface area contributed by atoms with Crippen LogP contribution in [0.5, 0.6) is 0 Å². The molecule has 4 heteroatoms. The van der Waals surface area contributed by atoms with E-state index in [0.29, 0.717) is 10.7 Å². The van der Waals surface area contributed by atoms with Gasteiger partial charge in [-0.05, 0) is 61.5 Å². The highest BCUT2D eigenvalue weighted by Gasteiger charge is 2.05. The van der Waals surface area contributed by atoms with E-state index in [2.05, 4.69) is 20.9 Å². The molecule has 3 rings (SSSR count). The number of hydrogen-bond acceptors (Lipinski definition) is 2. The minimum atomic E-state index is -0.0714.